The van der Waals surface area contributed by atoms with Crippen LogP contribution >= 0.6 is 0 Å². The smallest absolute Gasteiger partial charge is 0.416 e. The highest BCUT2D eigenvalue weighted by Gasteiger charge is 2.29. The Labute approximate surface area is 232 Å². The first-order valence-electron chi connectivity index (χ1n) is 12.6. The second-order valence-corrected chi connectivity index (χ2v) is 9.74. The number of alkyl halides is 3. The highest BCUT2D eigenvalue weighted by Crippen LogP contribution is 2.29. The largest absolute Gasteiger partial charge is 0.487 e. The number of rotatable bonds is 14. The fourth-order valence-electron chi connectivity index (χ4n) is 3.96. The van der Waals surface area contributed by atoms with E-state index >= 15 is 0 Å². The maximum absolute atomic E-state index is 12.7. The normalized spacial score (nSPS) is 12.7. The van der Waals surface area contributed by atoms with Crippen LogP contribution in [0.1, 0.15) is 46.9 Å². The maximum Gasteiger partial charge on any atom is 0.416 e. The topological polar surface area (TPSA) is 102 Å². The Morgan fingerprint density at radius 1 is 1.05 bits per heavy atom. The SMILES string of the molecule is O=S(O)NCCc1nccn1CCCCc1ccc(OCc2coc(/C=C/c3ccc(C(F)(F)F)cc3)n2)cc1. The molecule has 12 heteroatoms. The molecule has 4 rings (SSSR count). The monoisotopic (exact) mass is 574 g/mol. The molecule has 2 aromatic carbocycles. The molecule has 0 aliphatic heterocycles. The maximum atomic E-state index is 12.7. The lowest BCUT2D eigenvalue weighted by Gasteiger charge is -2.08. The summed E-state index contributed by atoms with van der Waals surface area (Å²) in [4.78, 5) is 8.64. The molecule has 0 bridgehead atoms. The number of unbranched alkanes of at least 4 members (excludes halogenated alkanes) is 1. The number of oxazole rings is 1. The molecule has 1 unspecified atom stereocenters. The van der Waals surface area contributed by atoms with Gasteiger partial charge in [0.05, 0.1) is 5.56 Å². The Hall–Kier alpha value is -3.74. The number of aryl methyl sites for hydroxylation is 2. The van der Waals surface area contributed by atoms with Gasteiger partial charge in [0, 0.05) is 38.0 Å². The molecule has 0 amide bonds. The molecular weight excluding hydrogens is 545 g/mol. The second kappa shape index (κ2) is 14.1. The van der Waals surface area contributed by atoms with Gasteiger partial charge in [-0.3, -0.25) is 4.55 Å². The molecule has 2 N–H and O–H groups in total. The van der Waals surface area contributed by atoms with Gasteiger partial charge in [0.15, 0.2) is 0 Å². The molecule has 0 radical (unpaired) electrons. The summed E-state index contributed by atoms with van der Waals surface area (Å²) in [7, 11) is 0. The fraction of sp³-hybridized carbons (Fsp3) is 0.286. The molecule has 1 atom stereocenters. The highest BCUT2D eigenvalue weighted by atomic mass is 32.2. The van der Waals surface area contributed by atoms with E-state index in [1.165, 1.54) is 24.0 Å². The van der Waals surface area contributed by atoms with E-state index in [0.717, 1.165) is 43.8 Å². The zero-order valence-corrected chi connectivity index (χ0v) is 22.3. The first-order valence-corrected chi connectivity index (χ1v) is 13.7. The van der Waals surface area contributed by atoms with Gasteiger partial charge in [0.25, 0.3) is 0 Å². The average Bonchev–Trinajstić information content (AvgIpc) is 3.58. The van der Waals surface area contributed by atoms with E-state index in [1.807, 2.05) is 30.5 Å². The Morgan fingerprint density at radius 3 is 2.55 bits per heavy atom. The van der Waals surface area contributed by atoms with Gasteiger partial charge in [0.2, 0.25) is 17.2 Å². The highest BCUT2D eigenvalue weighted by molar-refractivity contribution is 7.77. The van der Waals surface area contributed by atoms with Crippen molar-refractivity contribution in [1.82, 2.24) is 19.3 Å². The van der Waals surface area contributed by atoms with Crippen LogP contribution in [0.5, 0.6) is 5.75 Å². The molecule has 0 saturated carbocycles. The molecule has 212 valence electrons. The Bertz CT molecular complexity index is 1400. The lowest BCUT2D eigenvalue weighted by molar-refractivity contribution is -0.137. The average molecular weight is 575 g/mol. The van der Waals surface area contributed by atoms with E-state index in [9.17, 15) is 17.4 Å². The Morgan fingerprint density at radius 2 is 1.82 bits per heavy atom. The quantitative estimate of drug-likeness (QED) is 0.143. The van der Waals surface area contributed by atoms with E-state index in [4.69, 9.17) is 13.7 Å². The van der Waals surface area contributed by atoms with Crippen LogP contribution in [0.4, 0.5) is 13.2 Å². The number of hydrogen-bond donors (Lipinski definition) is 2. The van der Waals surface area contributed by atoms with Crippen molar-refractivity contribution in [3.05, 3.63) is 101 Å². The summed E-state index contributed by atoms with van der Waals surface area (Å²) in [6, 6.07) is 12.7. The number of benzene rings is 2. The Balaban J connectivity index is 1.17. The molecule has 0 aliphatic carbocycles. The van der Waals surface area contributed by atoms with Gasteiger partial charge in [-0.25, -0.2) is 18.9 Å². The van der Waals surface area contributed by atoms with Crippen LogP contribution in [0, 0.1) is 0 Å². The molecular formula is C28H29F3N4O4S. The van der Waals surface area contributed by atoms with E-state index in [0.29, 0.717) is 35.9 Å². The van der Waals surface area contributed by atoms with Crippen molar-refractivity contribution in [2.45, 2.75) is 45.0 Å². The van der Waals surface area contributed by atoms with Crippen molar-refractivity contribution in [3.8, 4) is 5.75 Å². The van der Waals surface area contributed by atoms with Crippen molar-refractivity contribution in [2.75, 3.05) is 6.54 Å². The van der Waals surface area contributed by atoms with Crippen molar-refractivity contribution >= 4 is 23.4 Å². The summed E-state index contributed by atoms with van der Waals surface area (Å²) >= 11 is -2.01. The van der Waals surface area contributed by atoms with Crippen molar-refractivity contribution in [1.29, 1.82) is 0 Å². The predicted octanol–water partition coefficient (Wildman–Crippen LogP) is 5.93. The summed E-state index contributed by atoms with van der Waals surface area (Å²) in [6.45, 7) is 1.43. The van der Waals surface area contributed by atoms with Gasteiger partial charge < -0.3 is 13.7 Å². The lowest BCUT2D eigenvalue weighted by atomic mass is 10.1. The third-order valence-corrected chi connectivity index (χ3v) is 6.48. The van der Waals surface area contributed by atoms with Crippen molar-refractivity contribution in [3.63, 3.8) is 0 Å². The number of nitrogens with zero attached hydrogens (tertiary/aromatic N) is 3. The second-order valence-electron chi connectivity index (χ2n) is 8.95. The summed E-state index contributed by atoms with van der Waals surface area (Å²) in [5, 5.41) is 0. The predicted molar refractivity (Wildman–Crippen MR) is 145 cm³/mol. The third kappa shape index (κ3) is 9.18. The lowest BCUT2D eigenvalue weighted by Crippen LogP contribution is -2.20. The molecule has 0 fully saturated rings. The van der Waals surface area contributed by atoms with Crippen molar-refractivity contribution < 1.29 is 31.1 Å². The van der Waals surface area contributed by atoms with E-state index in [-0.39, 0.29) is 6.61 Å². The molecule has 2 aromatic heterocycles. The zero-order chi connectivity index (χ0) is 28.4. The zero-order valence-electron chi connectivity index (χ0n) is 21.5. The summed E-state index contributed by atoms with van der Waals surface area (Å²) < 4.78 is 73.3. The van der Waals surface area contributed by atoms with Crippen LogP contribution in [0.15, 0.2) is 71.6 Å². The molecule has 0 spiro atoms. The van der Waals surface area contributed by atoms with Gasteiger partial charge in [-0.2, -0.15) is 13.2 Å². The summed E-state index contributed by atoms with van der Waals surface area (Å²) in [6.07, 6.45) is 7.48. The van der Waals surface area contributed by atoms with Crippen LogP contribution < -0.4 is 9.46 Å². The minimum absolute atomic E-state index is 0.216. The number of halogens is 3. The van der Waals surface area contributed by atoms with Crippen LogP contribution in [-0.2, 0) is 43.4 Å². The number of ether oxygens (including phenoxy) is 1. The minimum Gasteiger partial charge on any atom is -0.487 e. The van der Waals surface area contributed by atoms with Gasteiger partial charge in [-0.05, 0) is 60.7 Å². The Kier molecular flexibility index (Phi) is 10.3. The molecule has 4 aromatic rings. The van der Waals surface area contributed by atoms with Gasteiger partial charge in [0.1, 0.15) is 30.1 Å². The van der Waals surface area contributed by atoms with E-state index in [2.05, 4.69) is 19.3 Å². The first-order chi connectivity index (χ1) is 19.3. The summed E-state index contributed by atoms with van der Waals surface area (Å²) in [5.41, 5.74) is 1.70. The van der Waals surface area contributed by atoms with Gasteiger partial charge in [-0.15, -0.1) is 0 Å². The van der Waals surface area contributed by atoms with Crippen LogP contribution in [0.25, 0.3) is 12.2 Å². The van der Waals surface area contributed by atoms with Crippen LogP contribution in [0.2, 0.25) is 0 Å². The molecule has 0 saturated heterocycles. The third-order valence-electron chi connectivity index (χ3n) is 6.03. The molecule has 2 heterocycles. The molecule has 0 aliphatic rings. The van der Waals surface area contributed by atoms with E-state index in [1.54, 1.807) is 18.3 Å². The standard InChI is InChI=1S/C28H29F3N4O4S/c29-28(30,31)23-9-4-22(5-10-23)8-13-27-34-24(20-39-27)19-38-25-11-6-21(7-12-25)3-1-2-17-35-18-16-32-26(35)14-15-33-40(36)37/h4-13,16,18,20,33H,1-3,14-15,17,19H2,(H,36,37)/b13-8+. The van der Waals surface area contributed by atoms with Gasteiger partial charge in [-0.1, -0.05) is 24.3 Å². The van der Waals surface area contributed by atoms with Crippen LogP contribution in [0.3, 0.4) is 0 Å². The molecule has 8 nitrogen and oxygen atoms in total. The fourth-order valence-corrected chi connectivity index (χ4v) is 4.24. The minimum atomic E-state index is -4.36. The first kappa shape index (κ1) is 29.2. The molecule has 40 heavy (non-hydrogen) atoms. The number of hydrogen-bond acceptors (Lipinski definition) is 5. The van der Waals surface area contributed by atoms with Gasteiger partial charge >= 0.3 is 6.18 Å². The van der Waals surface area contributed by atoms with E-state index < -0.39 is 23.0 Å². The van der Waals surface area contributed by atoms with Crippen LogP contribution in [-0.4, -0.2) is 29.8 Å². The summed E-state index contributed by atoms with van der Waals surface area (Å²) in [5.74, 6) is 1.91. The van der Waals surface area contributed by atoms with Crippen molar-refractivity contribution in [2.24, 2.45) is 0 Å². The number of aromatic nitrogens is 3. The number of imidazole rings is 1. The number of nitrogens with one attached hydrogen (secondary N) is 1.